The number of H-pyrrole nitrogens is 1. The molecule has 0 bridgehead atoms. The third-order valence-electron chi connectivity index (χ3n) is 3.88. The lowest BCUT2D eigenvalue weighted by Crippen LogP contribution is -2.18. The first kappa shape index (κ1) is 17.2. The number of nitrogens with two attached hydrogens (primary N) is 1. The number of rotatable bonds is 5. The lowest BCUT2D eigenvalue weighted by molar-refractivity contribution is 0.665. The van der Waals surface area contributed by atoms with Gasteiger partial charge in [0.1, 0.15) is 15.2 Å². The van der Waals surface area contributed by atoms with Gasteiger partial charge in [-0.25, -0.2) is 18.8 Å². The van der Waals surface area contributed by atoms with Crippen molar-refractivity contribution in [1.82, 2.24) is 19.5 Å². The van der Waals surface area contributed by atoms with E-state index in [0.717, 1.165) is 11.1 Å². The van der Waals surface area contributed by atoms with Crippen molar-refractivity contribution in [3.8, 4) is 0 Å². The molecule has 0 fully saturated rings. The third kappa shape index (κ3) is 3.27. The number of nitrogens with zero attached hydrogens (tertiary/aromatic N) is 3. The lowest BCUT2D eigenvalue weighted by Gasteiger charge is -2.08. The molecule has 4 N–H and O–H groups in total. The van der Waals surface area contributed by atoms with Crippen molar-refractivity contribution in [2.45, 2.75) is 32.0 Å². The van der Waals surface area contributed by atoms with Crippen molar-refractivity contribution in [3.05, 3.63) is 45.9 Å². The molecule has 0 aliphatic heterocycles. The number of hydrogen-bond donors (Lipinski definition) is 3. The van der Waals surface area contributed by atoms with Gasteiger partial charge in [-0.2, -0.15) is 4.98 Å². The molecule has 3 aromatic rings. The Kier molecular flexibility index (Phi) is 4.34. The highest BCUT2D eigenvalue weighted by atomic mass is 32.2. The Bertz CT molecular complexity index is 1080. The molecule has 132 valence electrons. The second kappa shape index (κ2) is 6.32. The van der Waals surface area contributed by atoms with E-state index in [-0.39, 0.29) is 28.1 Å². The number of nitrogen functional groups attached to an aromatic ring is 1. The van der Waals surface area contributed by atoms with E-state index in [0.29, 0.717) is 18.5 Å². The molecule has 9 heteroatoms. The smallest absolute Gasteiger partial charge is 0.328 e. The highest BCUT2D eigenvalue weighted by Crippen LogP contribution is 2.19. The number of fused-ring (bicyclic) bond motifs is 1. The summed E-state index contributed by atoms with van der Waals surface area (Å²) < 4.78 is 21.9. The fraction of sp³-hybridized carbons (Fsp3) is 0.312. The molecule has 0 saturated heterocycles. The van der Waals surface area contributed by atoms with Crippen LogP contribution in [0.4, 0.5) is 5.82 Å². The van der Waals surface area contributed by atoms with Crippen molar-refractivity contribution >= 4 is 26.7 Å². The molecule has 3 rings (SSSR count). The summed E-state index contributed by atoms with van der Waals surface area (Å²) >= 11 is 0. The van der Waals surface area contributed by atoms with E-state index in [2.05, 4.69) is 15.0 Å². The van der Waals surface area contributed by atoms with E-state index in [1.807, 2.05) is 38.1 Å². The highest BCUT2D eigenvalue weighted by Gasteiger charge is 2.19. The van der Waals surface area contributed by atoms with E-state index < -0.39 is 9.73 Å². The van der Waals surface area contributed by atoms with Crippen molar-refractivity contribution < 1.29 is 4.21 Å². The normalized spacial score (nSPS) is 13.8. The Morgan fingerprint density at radius 2 is 1.96 bits per heavy atom. The molecule has 2 aromatic heterocycles. The van der Waals surface area contributed by atoms with Crippen molar-refractivity contribution in [3.63, 3.8) is 0 Å². The van der Waals surface area contributed by atoms with Gasteiger partial charge in [0.05, 0.1) is 6.54 Å². The molecule has 0 aliphatic rings. The summed E-state index contributed by atoms with van der Waals surface area (Å²) in [5.74, 6) is 0.167. The molecule has 0 amide bonds. The minimum Gasteiger partial charge on any atom is -0.382 e. The first-order valence-corrected chi connectivity index (χ1v) is 9.62. The first-order chi connectivity index (χ1) is 11.8. The van der Waals surface area contributed by atoms with Crippen LogP contribution in [0, 0.1) is 11.7 Å². The van der Waals surface area contributed by atoms with Gasteiger partial charge < -0.3 is 10.7 Å². The Labute approximate surface area is 145 Å². The van der Waals surface area contributed by atoms with Gasteiger partial charge in [0.15, 0.2) is 11.5 Å². The number of aromatic amines is 1. The number of nitrogens with one attached hydrogen (secondary N) is 2. The number of hydrogen-bond acceptors (Lipinski definition) is 6. The van der Waals surface area contributed by atoms with Crippen LogP contribution in [-0.4, -0.2) is 29.5 Å². The van der Waals surface area contributed by atoms with E-state index >= 15 is 0 Å². The zero-order valence-electron chi connectivity index (χ0n) is 14.1. The van der Waals surface area contributed by atoms with E-state index in [4.69, 9.17) is 10.5 Å². The van der Waals surface area contributed by atoms with Crippen LogP contribution in [0.5, 0.6) is 0 Å². The molecule has 1 atom stereocenters. The summed E-state index contributed by atoms with van der Waals surface area (Å²) in [5, 5.41) is -0.129. The molecule has 0 unspecified atom stereocenters. The highest BCUT2D eigenvalue weighted by molar-refractivity contribution is 7.92. The van der Waals surface area contributed by atoms with Crippen LogP contribution in [0.15, 0.2) is 34.2 Å². The van der Waals surface area contributed by atoms with Crippen molar-refractivity contribution in [2.75, 3.05) is 11.5 Å². The summed E-state index contributed by atoms with van der Waals surface area (Å²) in [6.45, 7) is 4.11. The molecule has 25 heavy (non-hydrogen) atoms. The summed E-state index contributed by atoms with van der Waals surface area (Å²) in [7, 11) is -3.14. The van der Waals surface area contributed by atoms with Gasteiger partial charge in [-0.05, 0) is 18.9 Å². The minimum absolute atomic E-state index is 0.0239. The molecular formula is C16H20N6O2S. The van der Waals surface area contributed by atoms with E-state index in [1.54, 1.807) is 0 Å². The van der Waals surface area contributed by atoms with Crippen LogP contribution in [0.2, 0.25) is 0 Å². The summed E-state index contributed by atoms with van der Waals surface area (Å²) in [4.78, 5) is 23.2. The van der Waals surface area contributed by atoms with Crippen LogP contribution in [0.25, 0.3) is 11.2 Å². The van der Waals surface area contributed by atoms with Crippen LogP contribution >= 0.6 is 0 Å². The fourth-order valence-corrected chi connectivity index (χ4v) is 3.82. The number of aromatic nitrogens is 4. The van der Waals surface area contributed by atoms with Gasteiger partial charge in [0.25, 0.3) is 0 Å². The van der Waals surface area contributed by atoms with Crippen molar-refractivity contribution in [1.29, 1.82) is 4.78 Å². The number of imidazole rings is 1. The topological polar surface area (TPSA) is 131 Å². The van der Waals surface area contributed by atoms with Crippen molar-refractivity contribution in [2.24, 2.45) is 0 Å². The van der Waals surface area contributed by atoms with Crippen LogP contribution < -0.4 is 11.4 Å². The molecule has 0 saturated carbocycles. The van der Waals surface area contributed by atoms with Gasteiger partial charge in [-0.3, -0.25) is 4.57 Å². The predicted molar refractivity (Wildman–Crippen MR) is 97.1 cm³/mol. The second-order valence-electron chi connectivity index (χ2n) is 5.97. The van der Waals surface area contributed by atoms with Gasteiger partial charge >= 0.3 is 5.69 Å². The maximum absolute atomic E-state index is 12.5. The standard InChI is InChI=1S/C16H20N6O2S/c1-3-8-25(18,24)15-20-13(17)12-14(21-15)22(16(23)19-12)9-11-6-4-10(2)5-7-11/h4-7,18H,3,8-9H2,1-2H3,(H,19,23)(H2,17,20,21)/t25-/m0/s1. The Balaban J connectivity index is 2.15. The maximum atomic E-state index is 12.5. The maximum Gasteiger partial charge on any atom is 0.328 e. The average Bonchev–Trinajstić information content (AvgIpc) is 2.86. The number of benzene rings is 1. The van der Waals surface area contributed by atoms with Gasteiger partial charge in [0.2, 0.25) is 5.16 Å². The van der Waals surface area contributed by atoms with Gasteiger partial charge in [-0.1, -0.05) is 36.8 Å². The molecular weight excluding hydrogens is 340 g/mol. The van der Waals surface area contributed by atoms with E-state index in [1.165, 1.54) is 4.57 Å². The molecule has 2 heterocycles. The SMILES string of the molecule is CCC[S@](=N)(=O)c1nc(N)c2[nH]c(=O)n(Cc3ccc(C)cc3)c2n1. The zero-order chi connectivity index (χ0) is 18.2. The number of aryl methyl sites for hydroxylation is 1. The Morgan fingerprint density at radius 1 is 1.28 bits per heavy atom. The van der Waals surface area contributed by atoms with Crippen LogP contribution in [0.3, 0.4) is 0 Å². The third-order valence-corrected chi connectivity index (χ3v) is 5.63. The summed E-state index contributed by atoms with van der Waals surface area (Å²) in [6.07, 6.45) is 0.562. The molecule has 0 aliphatic carbocycles. The molecule has 1 aromatic carbocycles. The lowest BCUT2D eigenvalue weighted by atomic mass is 10.1. The fourth-order valence-electron chi connectivity index (χ4n) is 2.58. The van der Waals surface area contributed by atoms with Gasteiger partial charge in [0, 0.05) is 5.75 Å². The average molecular weight is 360 g/mol. The van der Waals surface area contributed by atoms with Crippen LogP contribution in [-0.2, 0) is 16.3 Å². The monoisotopic (exact) mass is 360 g/mol. The largest absolute Gasteiger partial charge is 0.382 e. The van der Waals surface area contributed by atoms with Crippen LogP contribution in [0.1, 0.15) is 24.5 Å². The summed E-state index contributed by atoms with van der Waals surface area (Å²) in [5.41, 5.74) is 8.14. The zero-order valence-corrected chi connectivity index (χ0v) is 14.9. The number of anilines is 1. The Hall–Kier alpha value is -2.68. The van der Waals surface area contributed by atoms with E-state index in [9.17, 15) is 9.00 Å². The molecule has 0 radical (unpaired) electrons. The summed E-state index contributed by atoms with van der Waals surface area (Å²) in [6, 6.07) is 7.78. The predicted octanol–water partition coefficient (Wildman–Crippen LogP) is 1.87. The Morgan fingerprint density at radius 3 is 2.60 bits per heavy atom. The molecule has 8 nitrogen and oxygen atoms in total. The minimum atomic E-state index is -3.14. The first-order valence-electron chi connectivity index (χ1n) is 7.90. The quantitative estimate of drug-likeness (QED) is 0.598. The van der Waals surface area contributed by atoms with Gasteiger partial charge in [-0.15, -0.1) is 0 Å². The second-order valence-corrected chi connectivity index (χ2v) is 8.10. The molecule has 0 spiro atoms.